The van der Waals surface area contributed by atoms with Crippen LogP contribution in [0.15, 0.2) is 58.8 Å². The second-order valence-electron chi connectivity index (χ2n) is 6.03. The molecule has 0 saturated heterocycles. The summed E-state index contributed by atoms with van der Waals surface area (Å²) in [4.78, 5) is 16.6. The molecule has 0 aliphatic rings. The lowest BCUT2D eigenvalue weighted by Gasteiger charge is -2.09. The number of amides is 1. The van der Waals surface area contributed by atoms with E-state index in [1.54, 1.807) is 23.6 Å². The van der Waals surface area contributed by atoms with Crippen LogP contribution in [0.25, 0.3) is 0 Å². The first-order valence-corrected chi connectivity index (χ1v) is 10.6. The second-order valence-corrected chi connectivity index (χ2v) is 8.58. The minimum Gasteiger partial charge on any atom is -0.325 e. The van der Waals surface area contributed by atoms with E-state index in [1.165, 1.54) is 12.1 Å². The normalized spacial score (nSPS) is 11.2. The number of hydrogen-bond acceptors (Lipinski definition) is 5. The van der Waals surface area contributed by atoms with E-state index in [4.69, 9.17) is 0 Å². The summed E-state index contributed by atoms with van der Waals surface area (Å²) in [7, 11) is -3.69. The molecule has 0 bridgehead atoms. The first-order valence-electron chi connectivity index (χ1n) is 8.23. The molecule has 8 heteroatoms. The fourth-order valence-electron chi connectivity index (χ4n) is 2.45. The van der Waals surface area contributed by atoms with E-state index in [0.29, 0.717) is 5.69 Å². The Bertz CT molecular complexity index is 1060. The smallest absolute Gasteiger partial charge is 0.263 e. The van der Waals surface area contributed by atoms with Crippen molar-refractivity contribution in [3.63, 3.8) is 0 Å². The van der Waals surface area contributed by atoms with Gasteiger partial charge < -0.3 is 5.32 Å². The molecule has 0 spiro atoms. The van der Waals surface area contributed by atoms with Crippen molar-refractivity contribution in [3.05, 3.63) is 70.7 Å². The first kappa shape index (κ1) is 19.1. The van der Waals surface area contributed by atoms with Crippen LogP contribution in [-0.2, 0) is 21.2 Å². The minimum atomic E-state index is -3.69. The molecule has 3 aromatic rings. The fourth-order valence-corrected chi connectivity index (χ4v) is 4.44. The van der Waals surface area contributed by atoms with Crippen molar-refractivity contribution in [2.75, 3.05) is 10.0 Å². The van der Waals surface area contributed by atoms with Crippen molar-refractivity contribution in [2.24, 2.45) is 0 Å². The van der Waals surface area contributed by atoms with Crippen LogP contribution in [0, 0.1) is 13.8 Å². The third-order valence-corrected chi connectivity index (χ3v) is 6.34. The Morgan fingerprint density at radius 2 is 1.81 bits per heavy atom. The Morgan fingerprint density at radius 3 is 2.56 bits per heavy atom. The maximum absolute atomic E-state index is 12.3. The van der Waals surface area contributed by atoms with Gasteiger partial charge in [-0.15, -0.1) is 11.3 Å². The lowest BCUT2D eigenvalue weighted by Crippen LogP contribution is -2.16. The van der Waals surface area contributed by atoms with Crippen molar-refractivity contribution >= 4 is 38.1 Å². The maximum atomic E-state index is 12.3. The lowest BCUT2D eigenvalue weighted by molar-refractivity contribution is -0.115. The zero-order chi connectivity index (χ0) is 19.4. The molecular weight excluding hydrogens is 382 g/mol. The number of sulfonamides is 1. The molecule has 0 aliphatic heterocycles. The van der Waals surface area contributed by atoms with Crippen molar-refractivity contribution in [3.8, 4) is 0 Å². The zero-order valence-electron chi connectivity index (χ0n) is 14.9. The van der Waals surface area contributed by atoms with E-state index in [0.717, 1.165) is 28.2 Å². The van der Waals surface area contributed by atoms with Gasteiger partial charge in [-0.25, -0.2) is 13.4 Å². The van der Waals surface area contributed by atoms with Gasteiger partial charge in [0, 0.05) is 11.1 Å². The van der Waals surface area contributed by atoms with Crippen molar-refractivity contribution < 1.29 is 13.2 Å². The molecule has 3 rings (SSSR count). The van der Waals surface area contributed by atoms with Crippen LogP contribution >= 0.6 is 11.3 Å². The van der Waals surface area contributed by atoms with Crippen LogP contribution in [0.5, 0.6) is 0 Å². The van der Waals surface area contributed by atoms with Crippen molar-refractivity contribution in [1.29, 1.82) is 0 Å². The fraction of sp³-hybridized carbons (Fsp3) is 0.158. The number of aromatic nitrogens is 1. The topological polar surface area (TPSA) is 88.2 Å². The summed E-state index contributed by atoms with van der Waals surface area (Å²) in [6.45, 7) is 3.93. The van der Waals surface area contributed by atoms with Gasteiger partial charge in [0.25, 0.3) is 10.0 Å². The van der Waals surface area contributed by atoms with Gasteiger partial charge >= 0.3 is 0 Å². The molecule has 1 aromatic heterocycles. The monoisotopic (exact) mass is 401 g/mol. The molecule has 2 N–H and O–H groups in total. The molecule has 2 aromatic carbocycles. The van der Waals surface area contributed by atoms with Crippen LogP contribution in [0.1, 0.15) is 16.8 Å². The highest BCUT2D eigenvalue weighted by molar-refractivity contribution is 7.93. The second kappa shape index (κ2) is 7.89. The summed E-state index contributed by atoms with van der Waals surface area (Å²) < 4.78 is 27.1. The first-order chi connectivity index (χ1) is 12.8. The van der Waals surface area contributed by atoms with Gasteiger partial charge in [0.15, 0.2) is 5.13 Å². The highest BCUT2D eigenvalue weighted by Crippen LogP contribution is 2.21. The van der Waals surface area contributed by atoms with Crippen LogP contribution < -0.4 is 10.0 Å². The molecule has 140 valence electrons. The van der Waals surface area contributed by atoms with Crippen molar-refractivity contribution in [2.45, 2.75) is 25.2 Å². The van der Waals surface area contributed by atoms with Gasteiger partial charge in [-0.2, -0.15) is 0 Å². The summed E-state index contributed by atoms with van der Waals surface area (Å²) in [5, 5.41) is 4.77. The predicted molar refractivity (Wildman–Crippen MR) is 108 cm³/mol. The van der Waals surface area contributed by atoms with E-state index in [-0.39, 0.29) is 22.4 Å². The summed E-state index contributed by atoms with van der Waals surface area (Å²) in [6, 6.07) is 13.8. The highest BCUT2D eigenvalue weighted by atomic mass is 32.2. The van der Waals surface area contributed by atoms with Crippen molar-refractivity contribution in [1.82, 2.24) is 4.98 Å². The number of benzene rings is 2. The van der Waals surface area contributed by atoms with E-state index in [2.05, 4.69) is 15.0 Å². The Morgan fingerprint density at radius 1 is 1.07 bits per heavy atom. The Hall–Kier alpha value is -2.71. The van der Waals surface area contributed by atoms with E-state index in [1.807, 2.05) is 32.0 Å². The molecule has 1 heterocycles. The molecule has 0 unspecified atom stereocenters. The lowest BCUT2D eigenvalue weighted by atomic mass is 10.1. The SMILES string of the molecule is Cc1cccc(NC(=O)Cc2csc(NS(=O)(=O)c3ccccc3)n2)c1C. The van der Waals surface area contributed by atoms with E-state index >= 15 is 0 Å². The van der Waals surface area contributed by atoms with Crippen LogP contribution in [0.4, 0.5) is 10.8 Å². The maximum Gasteiger partial charge on any atom is 0.263 e. The van der Waals surface area contributed by atoms with Gasteiger partial charge in [-0.05, 0) is 43.2 Å². The molecular formula is C19H19N3O3S2. The van der Waals surface area contributed by atoms with E-state index in [9.17, 15) is 13.2 Å². The number of nitrogens with one attached hydrogen (secondary N) is 2. The number of carbonyl (C=O) groups excluding carboxylic acids is 1. The minimum absolute atomic E-state index is 0.0664. The number of hydrogen-bond donors (Lipinski definition) is 2. The van der Waals surface area contributed by atoms with Crippen LogP contribution in [0.3, 0.4) is 0 Å². The Labute approximate surface area is 162 Å². The Kier molecular flexibility index (Phi) is 5.57. The highest BCUT2D eigenvalue weighted by Gasteiger charge is 2.16. The molecule has 27 heavy (non-hydrogen) atoms. The quantitative estimate of drug-likeness (QED) is 0.659. The molecule has 1 amide bonds. The molecule has 0 fully saturated rings. The van der Waals surface area contributed by atoms with Crippen LogP contribution in [0.2, 0.25) is 0 Å². The molecule has 0 radical (unpaired) electrons. The van der Waals surface area contributed by atoms with Crippen LogP contribution in [-0.4, -0.2) is 19.3 Å². The molecule has 0 aliphatic carbocycles. The molecule has 6 nitrogen and oxygen atoms in total. The number of nitrogens with zero attached hydrogens (tertiary/aromatic N) is 1. The van der Waals surface area contributed by atoms with Gasteiger partial charge in [0.05, 0.1) is 17.0 Å². The number of anilines is 2. The standard InChI is InChI=1S/C19H19N3O3S2/c1-13-7-6-10-17(14(13)2)21-18(23)11-15-12-26-19(20-15)22-27(24,25)16-8-4-3-5-9-16/h3-10,12H,11H2,1-2H3,(H,20,22)(H,21,23). The summed E-state index contributed by atoms with van der Waals surface area (Å²) in [5.74, 6) is -0.202. The largest absolute Gasteiger partial charge is 0.325 e. The number of rotatable bonds is 6. The van der Waals surface area contributed by atoms with Gasteiger partial charge in [-0.1, -0.05) is 30.3 Å². The number of carbonyl (C=O) groups is 1. The predicted octanol–water partition coefficient (Wildman–Crippen LogP) is 3.74. The average molecular weight is 402 g/mol. The molecule has 0 saturated carbocycles. The van der Waals surface area contributed by atoms with Gasteiger partial charge in [0.2, 0.25) is 5.91 Å². The third kappa shape index (κ3) is 4.72. The summed E-state index contributed by atoms with van der Waals surface area (Å²) in [5.41, 5.74) is 3.38. The Balaban J connectivity index is 1.66. The summed E-state index contributed by atoms with van der Waals surface area (Å²) in [6.07, 6.45) is 0.0664. The third-order valence-electron chi connectivity index (χ3n) is 4.05. The van der Waals surface area contributed by atoms with Gasteiger partial charge in [0.1, 0.15) is 0 Å². The van der Waals surface area contributed by atoms with Gasteiger partial charge in [-0.3, -0.25) is 9.52 Å². The van der Waals surface area contributed by atoms with E-state index < -0.39 is 10.0 Å². The molecule has 0 atom stereocenters. The summed E-state index contributed by atoms with van der Waals surface area (Å²) >= 11 is 1.14. The zero-order valence-corrected chi connectivity index (χ0v) is 16.5. The average Bonchev–Trinajstić information content (AvgIpc) is 3.05. The number of aryl methyl sites for hydroxylation is 1. The number of thiazole rings is 1.